The number of hydrogen-bond acceptors (Lipinski definition) is 4. The molecule has 0 spiro atoms. The first-order chi connectivity index (χ1) is 13.3. The van der Waals surface area contributed by atoms with Gasteiger partial charge in [0.1, 0.15) is 16.9 Å². The molecule has 1 atom stereocenters. The molecule has 0 aliphatic rings. The van der Waals surface area contributed by atoms with Gasteiger partial charge in [-0.2, -0.15) is 0 Å². The number of halogens is 1. The fourth-order valence-electron chi connectivity index (χ4n) is 2.84. The van der Waals surface area contributed by atoms with Gasteiger partial charge < -0.3 is 15.0 Å². The number of methoxy groups -OCH3 is 1. The predicted molar refractivity (Wildman–Crippen MR) is 114 cm³/mol. The number of guanidine groups is 1. The van der Waals surface area contributed by atoms with Crippen molar-refractivity contribution in [2.75, 3.05) is 27.2 Å². The van der Waals surface area contributed by atoms with Crippen LogP contribution in [0.25, 0.3) is 0 Å². The summed E-state index contributed by atoms with van der Waals surface area (Å²) in [6, 6.07) is 6.90. The first-order valence-corrected chi connectivity index (χ1v) is 10.4. The molecule has 0 aliphatic carbocycles. The molecule has 0 aliphatic heterocycles. The summed E-state index contributed by atoms with van der Waals surface area (Å²) in [7, 11) is 3.67. The summed E-state index contributed by atoms with van der Waals surface area (Å²) in [5, 5.41) is 6.33. The molecular formula is C21H31FN4OS. The number of aromatic nitrogens is 1. The number of aliphatic imine (C=N–C) groups is 1. The molecule has 0 bridgehead atoms. The van der Waals surface area contributed by atoms with Gasteiger partial charge in [0.2, 0.25) is 0 Å². The number of rotatable bonds is 8. The third-order valence-electron chi connectivity index (χ3n) is 4.59. The van der Waals surface area contributed by atoms with Crippen molar-refractivity contribution < 1.29 is 9.13 Å². The van der Waals surface area contributed by atoms with Crippen LogP contribution in [0.3, 0.4) is 0 Å². The molecule has 1 unspecified atom stereocenters. The summed E-state index contributed by atoms with van der Waals surface area (Å²) in [6.07, 6.45) is -0.00692. The first kappa shape index (κ1) is 22.3. The summed E-state index contributed by atoms with van der Waals surface area (Å²) in [6.45, 7) is 9.92. The summed E-state index contributed by atoms with van der Waals surface area (Å²) in [5.41, 5.74) is 1.24. The minimum atomic E-state index is -0.408. The molecule has 2 rings (SSSR count). The van der Waals surface area contributed by atoms with Crippen LogP contribution >= 0.6 is 11.3 Å². The number of benzene rings is 1. The highest BCUT2D eigenvalue weighted by Gasteiger charge is 2.24. The van der Waals surface area contributed by atoms with Crippen LogP contribution in [0.15, 0.2) is 34.6 Å². The van der Waals surface area contributed by atoms with Crippen molar-refractivity contribution in [1.82, 2.24) is 15.2 Å². The van der Waals surface area contributed by atoms with Crippen LogP contribution in [-0.4, -0.2) is 43.1 Å². The van der Waals surface area contributed by atoms with E-state index in [9.17, 15) is 4.39 Å². The van der Waals surface area contributed by atoms with Crippen molar-refractivity contribution in [3.8, 4) is 0 Å². The van der Waals surface area contributed by atoms with Crippen molar-refractivity contribution >= 4 is 17.3 Å². The van der Waals surface area contributed by atoms with Gasteiger partial charge in [-0.25, -0.2) is 9.37 Å². The Bertz CT molecular complexity index is 790. The summed E-state index contributed by atoms with van der Waals surface area (Å²) >= 11 is 1.60. The summed E-state index contributed by atoms with van der Waals surface area (Å²) in [5.74, 6) is 0.588. The van der Waals surface area contributed by atoms with E-state index >= 15 is 0 Å². The molecule has 0 saturated heterocycles. The predicted octanol–water partition coefficient (Wildman–Crippen LogP) is 4.36. The maximum absolute atomic E-state index is 14.2. The molecule has 0 amide bonds. The van der Waals surface area contributed by atoms with E-state index in [1.54, 1.807) is 24.5 Å². The van der Waals surface area contributed by atoms with Gasteiger partial charge in [-0.3, -0.25) is 4.99 Å². The Morgan fingerprint density at radius 2 is 2.11 bits per heavy atom. The minimum Gasteiger partial charge on any atom is -0.375 e. The highest BCUT2D eigenvalue weighted by Crippen LogP contribution is 2.26. The van der Waals surface area contributed by atoms with Gasteiger partial charge in [-0.1, -0.05) is 32.0 Å². The van der Waals surface area contributed by atoms with Crippen LogP contribution in [0.2, 0.25) is 0 Å². The molecule has 1 N–H and O–H groups in total. The van der Waals surface area contributed by atoms with Crippen LogP contribution in [0.5, 0.6) is 0 Å². The van der Waals surface area contributed by atoms with E-state index in [0.29, 0.717) is 18.7 Å². The summed E-state index contributed by atoms with van der Waals surface area (Å²) < 4.78 is 19.5. The van der Waals surface area contributed by atoms with Crippen LogP contribution < -0.4 is 5.32 Å². The maximum Gasteiger partial charge on any atom is 0.194 e. The Morgan fingerprint density at radius 1 is 1.39 bits per heavy atom. The van der Waals surface area contributed by atoms with Gasteiger partial charge in [-0.05, 0) is 25.5 Å². The van der Waals surface area contributed by atoms with Crippen LogP contribution in [0.1, 0.15) is 50.1 Å². The zero-order valence-electron chi connectivity index (χ0n) is 17.6. The van der Waals surface area contributed by atoms with Crippen molar-refractivity contribution in [2.24, 2.45) is 4.99 Å². The van der Waals surface area contributed by atoms with E-state index in [0.717, 1.165) is 23.2 Å². The van der Waals surface area contributed by atoms with Crippen molar-refractivity contribution in [3.63, 3.8) is 0 Å². The molecule has 0 radical (unpaired) electrons. The average Bonchev–Trinajstić information content (AvgIpc) is 3.13. The number of nitrogens with one attached hydrogen (secondary N) is 1. The van der Waals surface area contributed by atoms with Crippen molar-refractivity contribution in [1.29, 1.82) is 0 Å². The van der Waals surface area contributed by atoms with Gasteiger partial charge in [0, 0.05) is 31.5 Å². The lowest BCUT2D eigenvalue weighted by molar-refractivity contribution is 0.119. The van der Waals surface area contributed by atoms with Crippen molar-refractivity contribution in [3.05, 3.63) is 51.7 Å². The van der Waals surface area contributed by atoms with Crippen molar-refractivity contribution in [2.45, 2.75) is 45.8 Å². The second-order valence-corrected chi connectivity index (χ2v) is 8.33. The Labute approximate surface area is 171 Å². The zero-order chi connectivity index (χ0) is 20.7. The zero-order valence-corrected chi connectivity index (χ0v) is 18.4. The Balaban J connectivity index is 2.12. The monoisotopic (exact) mass is 406 g/mol. The van der Waals surface area contributed by atoms with Crippen LogP contribution in [0, 0.1) is 5.82 Å². The van der Waals surface area contributed by atoms with Crippen LogP contribution in [0.4, 0.5) is 4.39 Å². The lowest BCUT2D eigenvalue weighted by atomic mass is 9.84. The normalized spacial score (nSPS) is 13.5. The van der Waals surface area contributed by atoms with E-state index in [4.69, 9.17) is 9.73 Å². The molecule has 0 fully saturated rings. The topological polar surface area (TPSA) is 49.8 Å². The average molecular weight is 407 g/mol. The molecule has 154 valence electrons. The van der Waals surface area contributed by atoms with E-state index in [1.165, 1.54) is 6.07 Å². The SMILES string of the molecule is CCNC(=NCC(C)(C)c1ccccc1F)N(C)Cc1csc(C(C)OC)n1. The van der Waals surface area contributed by atoms with Gasteiger partial charge in [0.05, 0.1) is 18.8 Å². The van der Waals surface area contributed by atoms with Gasteiger partial charge in [0.25, 0.3) is 0 Å². The Kier molecular flexibility index (Phi) is 7.95. The largest absolute Gasteiger partial charge is 0.375 e. The van der Waals surface area contributed by atoms with E-state index in [1.807, 2.05) is 57.2 Å². The molecule has 1 aromatic heterocycles. The smallest absolute Gasteiger partial charge is 0.194 e. The quantitative estimate of drug-likeness (QED) is 0.523. The van der Waals surface area contributed by atoms with E-state index in [-0.39, 0.29) is 11.9 Å². The van der Waals surface area contributed by atoms with Gasteiger partial charge >= 0.3 is 0 Å². The second-order valence-electron chi connectivity index (χ2n) is 7.44. The molecule has 28 heavy (non-hydrogen) atoms. The number of ether oxygens (including phenoxy) is 1. The van der Waals surface area contributed by atoms with E-state index < -0.39 is 5.41 Å². The minimum absolute atomic E-state index is 0.00692. The summed E-state index contributed by atoms with van der Waals surface area (Å²) in [4.78, 5) is 11.5. The highest BCUT2D eigenvalue weighted by molar-refractivity contribution is 7.09. The molecule has 0 saturated carbocycles. The van der Waals surface area contributed by atoms with E-state index in [2.05, 4.69) is 10.3 Å². The number of thiazole rings is 1. The highest BCUT2D eigenvalue weighted by atomic mass is 32.1. The maximum atomic E-state index is 14.2. The number of hydrogen-bond donors (Lipinski definition) is 1. The molecule has 1 heterocycles. The molecular weight excluding hydrogens is 375 g/mol. The third kappa shape index (κ3) is 5.75. The third-order valence-corrected chi connectivity index (χ3v) is 5.65. The molecule has 5 nitrogen and oxygen atoms in total. The lowest BCUT2D eigenvalue weighted by Crippen LogP contribution is -2.39. The first-order valence-electron chi connectivity index (χ1n) is 9.50. The second kappa shape index (κ2) is 9.98. The fourth-order valence-corrected chi connectivity index (χ4v) is 3.68. The van der Waals surface area contributed by atoms with Gasteiger partial charge in [0.15, 0.2) is 5.96 Å². The molecule has 7 heteroatoms. The van der Waals surface area contributed by atoms with Crippen LogP contribution in [-0.2, 0) is 16.7 Å². The fraction of sp³-hybridized carbons (Fsp3) is 0.524. The lowest BCUT2D eigenvalue weighted by Gasteiger charge is -2.26. The molecule has 2 aromatic rings. The molecule has 1 aromatic carbocycles. The van der Waals surface area contributed by atoms with Gasteiger partial charge in [-0.15, -0.1) is 11.3 Å². The number of nitrogens with zero attached hydrogens (tertiary/aromatic N) is 3. The Hall–Kier alpha value is -1.99. The standard InChI is InChI=1S/C21H31FN4OS/c1-7-23-20(24-14-21(3,4)17-10-8-9-11-18(17)22)26(5)12-16-13-28-19(25-16)15(2)27-6/h8-11,13,15H,7,12,14H2,1-6H3,(H,23,24). The Morgan fingerprint density at radius 3 is 2.75 bits per heavy atom.